The molecule has 1 aromatic rings. The Hall–Kier alpha value is -1.35. The number of carbonyl (C=O) groups excluding carboxylic acids is 1. The van der Waals surface area contributed by atoms with E-state index in [4.69, 9.17) is 4.74 Å². The molecule has 0 bridgehead atoms. The predicted octanol–water partition coefficient (Wildman–Crippen LogP) is 2.42. The first-order chi connectivity index (χ1) is 12.2. The zero-order valence-electron chi connectivity index (χ0n) is 15.7. The second-order valence-corrected chi connectivity index (χ2v) is 6.09. The van der Waals surface area contributed by atoms with Crippen LogP contribution in [0.2, 0.25) is 0 Å². The van der Waals surface area contributed by atoms with E-state index in [0.717, 1.165) is 30.9 Å². The maximum absolute atomic E-state index is 11.6. The van der Waals surface area contributed by atoms with Crippen molar-refractivity contribution in [1.29, 1.82) is 0 Å². The average molecular weight is 474 g/mol. The molecule has 0 radical (unpaired) electrons. The lowest BCUT2D eigenvalue weighted by Crippen LogP contribution is -2.41. The molecule has 1 aromatic carbocycles. The number of benzene rings is 1. The number of rotatable bonds is 10. The van der Waals surface area contributed by atoms with Crippen molar-refractivity contribution >= 4 is 35.8 Å². The van der Waals surface area contributed by atoms with Crippen LogP contribution in [0.25, 0.3) is 0 Å². The zero-order chi connectivity index (χ0) is 17.9. The molecular weight excluding hydrogens is 443 g/mol. The predicted molar refractivity (Wildman–Crippen MR) is 116 cm³/mol. The molecule has 3 N–H and O–H groups in total. The summed E-state index contributed by atoms with van der Waals surface area (Å²) in [6.45, 7) is 8.00. The summed E-state index contributed by atoms with van der Waals surface area (Å²) in [5.74, 6) is 1.19. The van der Waals surface area contributed by atoms with Crippen molar-refractivity contribution in [3.63, 3.8) is 0 Å². The molecule has 1 aliphatic rings. The molecule has 26 heavy (non-hydrogen) atoms. The summed E-state index contributed by atoms with van der Waals surface area (Å²) in [4.78, 5) is 16.3. The minimum Gasteiger partial charge on any atom is -0.377 e. The van der Waals surface area contributed by atoms with Crippen LogP contribution >= 0.6 is 24.0 Å². The Morgan fingerprint density at radius 3 is 2.46 bits per heavy atom. The van der Waals surface area contributed by atoms with Gasteiger partial charge in [-0.3, -0.25) is 4.79 Å². The van der Waals surface area contributed by atoms with E-state index in [9.17, 15) is 4.79 Å². The Bertz CT molecular complexity index is 576. The van der Waals surface area contributed by atoms with Gasteiger partial charge in [0.25, 0.3) is 0 Å². The first-order valence-electron chi connectivity index (χ1n) is 9.19. The number of nitrogens with one attached hydrogen (secondary N) is 3. The van der Waals surface area contributed by atoms with Crippen molar-refractivity contribution < 1.29 is 9.53 Å². The maximum atomic E-state index is 11.6. The molecule has 0 spiro atoms. The standard InChI is InChI=1S/C19H30N4O2.HI/c1-3-20-19(22-12-11-21-18(24)15-9-10-15)23-13-16-7-5-6-8-17(16)14-25-4-2;/h5-8,15H,3-4,9-14H2,1-2H3,(H,21,24)(H2,20,22,23);1H. The second-order valence-electron chi connectivity index (χ2n) is 6.09. The summed E-state index contributed by atoms with van der Waals surface area (Å²) in [7, 11) is 0. The average Bonchev–Trinajstić information content (AvgIpc) is 3.47. The quantitative estimate of drug-likeness (QED) is 0.211. The van der Waals surface area contributed by atoms with Crippen molar-refractivity contribution in [3.05, 3.63) is 35.4 Å². The van der Waals surface area contributed by atoms with Gasteiger partial charge in [0.2, 0.25) is 5.91 Å². The molecule has 1 aliphatic carbocycles. The van der Waals surface area contributed by atoms with Crippen LogP contribution in [0.1, 0.15) is 37.8 Å². The van der Waals surface area contributed by atoms with Gasteiger partial charge in [0.05, 0.1) is 13.2 Å². The van der Waals surface area contributed by atoms with Gasteiger partial charge < -0.3 is 20.7 Å². The van der Waals surface area contributed by atoms with Gasteiger partial charge in [-0.15, -0.1) is 24.0 Å². The van der Waals surface area contributed by atoms with Gasteiger partial charge in [-0.25, -0.2) is 4.99 Å². The van der Waals surface area contributed by atoms with Gasteiger partial charge in [-0.05, 0) is 37.8 Å². The highest BCUT2D eigenvalue weighted by Crippen LogP contribution is 2.28. The van der Waals surface area contributed by atoms with Crippen molar-refractivity contribution in [2.75, 3.05) is 26.2 Å². The fourth-order valence-corrected chi connectivity index (χ4v) is 2.43. The highest BCUT2D eigenvalue weighted by atomic mass is 127. The fraction of sp³-hybridized carbons (Fsp3) is 0.579. The molecule has 0 unspecified atom stereocenters. The van der Waals surface area contributed by atoms with Crippen LogP contribution in [0.5, 0.6) is 0 Å². The summed E-state index contributed by atoms with van der Waals surface area (Å²) < 4.78 is 5.52. The van der Waals surface area contributed by atoms with Crippen LogP contribution in [-0.4, -0.2) is 38.1 Å². The van der Waals surface area contributed by atoms with Gasteiger partial charge in [-0.1, -0.05) is 24.3 Å². The van der Waals surface area contributed by atoms with E-state index in [-0.39, 0.29) is 35.8 Å². The lowest BCUT2D eigenvalue weighted by molar-refractivity contribution is -0.122. The first-order valence-corrected chi connectivity index (χ1v) is 9.19. The molecule has 0 aromatic heterocycles. The lowest BCUT2D eigenvalue weighted by Gasteiger charge is -2.13. The van der Waals surface area contributed by atoms with Crippen molar-refractivity contribution in [1.82, 2.24) is 16.0 Å². The highest BCUT2D eigenvalue weighted by Gasteiger charge is 2.28. The third-order valence-electron chi connectivity index (χ3n) is 4.00. The molecular formula is C19H31IN4O2. The summed E-state index contributed by atoms with van der Waals surface area (Å²) in [6.07, 6.45) is 2.06. The molecule has 0 atom stereocenters. The van der Waals surface area contributed by atoms with Gasteiger partial charge in [-0.2, -0.15) is 0 Å². The van der Waals surface area contributed by atoms with Crippen molar-refractivity contribution in [2.45, 2.75) is 39.8 Å². The monoisotopic (exact) mass is 474 g/mol. The fourth-order valence-electron chi connectivity index (χ4n) is 2.43. The largest absolute Gasteiger partial charge is 0.377 e. The summed E-state index contributed by atoms with van der Waals surface area (Å²) in [5.41, 5.74) is 2.33. The molecule has 2 rings (SSSR count). The van der Waals surface area contributed by atoms with Crippen molar-refractivity contribution in [2.24, 2.45) is 10.9 Å². The van der Waals surface area contributed by atoms with Crippen LogP contribution < -0.4 is 16.0 Å². The Morgan fingerprint density at radius 1 is 1.12 bits per heavy atom. The van der Waals surface area contributed by atoms with Gasteiger partial charge in [0.15, 0.2) is 5.96 Å². The Morgan fingerprint density at radius 2 is 1.81 bits per heavy atom. The third-order valence-corrected chi connectivity index (χ3v) is 4.00. The Labute approximate surface area is 173 Å². The number of ether oxygens (including phenoxy) is 1. The van der Waals surface area contributed by atoms with Crippen LogP contribution in [0.3, 0.4) is 0 Å². The Kier molecular flexibility index (Phi) is 11.3. The first kappa shape index (κ1) is 22.7. The molecule has 1 amide bonds. The van der Waals surface area contributed by atoms with Crippen LogP contribution in [0, 0.1) is 5.92 Å². The molecule has 0 aliphatic heterocycles. The molecule has 146 valence electrons. The number of nitrogens with zero attached hydrogens (tertiary/aromatic N) is 1. The number of amides is 1. The summed E-state index contributed by atoms with van der Waals surface area (Å²) in [5, 5.41) is 9.44. The topological polar surface area (TPSA) is 74.8 Å². The summed E-state index contributed by atoms with van der Waals surface area (Å²) in [6, 6.07) is 8.20. The highest BCUT2D eigenvalue weighted by molar-refractivity contribution is 14.0. The minimum absolute atomic E-state index is 0. The molecule has 1 fully saturated rings. The normalized spacial score (nSPS) is 13.7. The number of carbonyl (C=O) groups is 1. The molecule has 0 saturated heterocycles. The van der Waals surface area contributed by atoms with Crippen molar-refractivity contribution in [3.8, 4) is 0 Å². The zero-order valence-corrected chi connectivity index (χ0v) is 18.0. The second kappa shape index (κ2) is 12.9. The van der Waals surface area contributed by atoms with E-state index in [0.29, 0.717) is 32.8 Å². The number of hydrogen-bond acceptors (Lipinski definition) is 3. The minimum atomic E-state index is 0. The van der Waals surface area contributed by atoms with Crippen LogP contribution in [-0.2, 0) is 22.7 Å². The number of halogens is 1. The third kappa shape index (κ3) is 8.35. The van der Waals surface area contributed by atoms with E-state index in [2.05, 4.69) is 33.1 Å². The maximum Gasteiger partial charge on any atom is 0.223 e. The van der Waals surface area contributed by atoms with E-state index in [1.165, 1.54) is 5.56 Å². The van der Waals surface area contributed by atoms with E-state index in [1.807, 2.05) is 26.0 Å². The number of hydrogen-bond donors (Lipinski definition) is 3. The van der Waals surface area contributed by atoms with E-state index in [1.54, 1.807) is 0 Å². The van der Waals surface area contributed by atoms with E-state index < -0.39 is 0 Å². The molecule has 7 heteroatoms. The molecule has 0 heterocycles. The smallest absolute Gasteiger partial charge is 0.223 e. The lowest BCUT2D eigenvalue weighted by atomic mass is 10.1. The number of guanidine groups is 1. The van der Waals surface area contributed by atoms with Gasteiger partial charge in [0, 0.05) is 32.2 Å². The van der Waals surface area contributed by atoms with Crippen LogP contribution in [0.15, 0.2) is 29.3 Å². The Balaban J connectivity index is 0.00000338. The summed E-state index contributed by atoms with van der Waals surface area (Å²) >= 11 is 0. The van der Waals surface area contributed by atoms with Gasteiger partial charge >= 0.3 is 0 Å². The van der Waals surface area contributed by atoms with Gasteiger partial charge in [0.1, 0.15) is 0 Å². The van der Waals surface area contributed by atoms with E-state index >= 15 is 0 Å². The number of aliphatic imine (C=N–C) groups is 1. The molecule has 6 nitrogen and oxygen atoms in total. The SMILES string of the molecule is CCNC(=NCc1ccccc1COCC)NCCNC(=O)C1CC1.I. The molecule has 1 saturated carbocycles. The van der Waals surface area contributed by atoms with Crippen LogP contribution in [0.4, 0.5) is 0 Å².